The van der Waals surface area contributed by atoms with Crippen LogP contribution in [0, 0.1) is 0 Å². The normalized spacial score (nSPS) is 31.7. The molecule has 6 N–H and O–H groups in total. The Hall–Kier alpha value is -6.70. The summed E-state index contributed by atoms with van der Waals surface area (Å²) in [6, 6.07) is 8.09. The van der Waals surface area contributed by atoms with Crippen LogP contribution in [-0.4, -0.2) is 170 Å². The van der Waals surface area contributed by atoms with E-state index in [0.29, 0.717) is 0 Å². The van der Waals surface area contributed by atoms with E-state index >= 15 is 0 Å². The molecule has 12 atom stereocenters. The first-order chi connectivity index (χ1) is 37.6. The molecular formula is C57H58N2O20. The van der Waals surface area contributed by atoms with Crippen LogP contribution in [-0.2, 0) is 50.9 Å². The third-order valence-electron chi connectivity index (χ3n) is 17.5. The van der Waals surface area contributed by atoms with E-state index in [0.717, 1.165) is 0 Å². The number of fused-ring (bicyclic) bond motifs is 8. The molecule has 0 bridgehead atoms. The summed E-state index contributed by atoms with van der Waals surface area (Å²) in [5.74, 6) is -6.86. The van der Waals surface area contributed by atoms with Crippen molar-refractivity contribution >= 4 is 34.7 Å². The number of phenols is 4. The molecule has 4 saturated heterocycles. The van der Waals surface area contributed by atoms with E-state index in [1.54, 1.807) is 13.8 Å². The van der Waals surface area contributed by atoms with Gasteiger partial charge in [0.2, 0.25) is 11.6 Å². The first-order valence-electron chi connectivity index (χ1n) is 26.1. The molecule has 12 rings (SSSR count). The highest BCUT2D eigenvalue weighted by molar-refractivity contribution is 6.32. The third kappa shape index (κ3) is 7.97. The number of carbonyl (C=O) groups is 6. The zero-order valence-electron chi connectivity index (χ0n) is 43.9. The number of ether oxygens (including phenoxy) is 8. The second-order valence-electron chi connectivity index (χ2n) is 21.9. The van der Waals surface area contributed by atoms with E-state index in [1.165, 1.54) is 64.5 Å². The van der Waals surface area contributed by atoms with Crippen molar-refractivity contribution in [2.45, 2.75) is 139 Å². The number of ketones is 6. The molecule has 0 amide bonds. The SMILES string of the molecule is COc1cccc2c1C(=O)c1c(O)c3c(c(O)c1C2=O)C[C@@](O)(C(C)=O)C[C@@H]3O[C@H]1CC2C(OCN2CN2CO[C@@H]3[C@H](C)O[C@@H](O[C@H]4C[C@](O)(C(C)=O)Cc5c(O)c6c(c(O)c54)C(=O)c4c(OC)cccc4C6=O)C[C@@H]32)[C@H](C)O1. The molecule has 79 heavy (non-hydrogen) atoms. The lowest BCUT2D eigenvalue weighted by molar-refractivity contribution is -0.248. The minimum atomic E-state index is -2.11. The van der Waals surface area contributed by atoms with E-state index in [-0.39, 0.29) is 101 Å². The van der Waals surface area contributed by atoms with Gasteiger partial charge in [0.1, 0.15) is 71.4 Å². The monoisotopic (exact) mass is 1090 g/mol. The molecule has 8 aliphatic rings. The fourth-order valence-electron chi connectivity index (χ4n) is 13.5. The molecule has 0 radical (unpaired) electrons. The van der Waals surface area contributed by atoms with Crippen LogP contribution in [0.25, 0.3) is 0 Å². The van der Waals surface area contributed by atoms with Gasteiger partial charge in [-0.2, -0.15) is 0 Å². The molecule has 4 heterocycles. The highest BCUT2D eigenvalue weighted by atomic mass is 16.7. The van der Waals surface area contributed by atoms with Crippen molar-refractivity contribution in [1.29, 1.82) is 0 Å². The number of aliphatic hydroxyl groups is 2. The van der Waals surface area contributed by atoms with Crippen LogP contribution in [0.3, 0.4) is 0 Å². The van der Waals surface area contributed by atoms with E-state index in [2.05, 4.69) is 9.80 Å². The van der Waals surface area contributed by atoms with Crippen LogP contribution in [0.15, 0.2) is 36.4 Å². The number of hydrogen-bond donors (Lipinski definition) is 6. The molecule has 4 fully saturated rings. The van der Waals surface area contributed by atoms with Gasteiger partial charge < -0.3 is 68.5 Å². The average Bonchev–Trinajstić information content (AvgIpc) is 4.21. The van der Waals surface area contributed by atoms with Gasteiger partial charge >= 0.3 is 0 Å². The lowest BCUT2D eigenvalue weighted by Crippen LogP contribution is -2.55. The van der Waals surface area contributed by atoms with Crippen molar-refractivity contribution in [1.82, 2.24) is 9.80 Å². The predicted molar refractivity (Wildman–Crippen MR) is 268 cm³/mol. The number of nitrogens with zero attached hydrogens (tertiary/aromatic N) is 2. The molecule has 416 valence electrons. The molecule has 0 spiro atoms. The average molecular weight is 1090 g/mol. The van der Waals surface area contributed by atoms with Gasteiger partial charge in [-0.05, 0) is 39.8 Å². The second-order valence-corrected chi connectivity index (χ2v) is 21.9. The van der Waals surface area contributed by atoms with Crippen molar-refractivity contribution in [2.75, 3.05) is 34.3 Å². The van der Waals surface area contributed by atoms with Crippen molar-refractivity contribution in [3.8, 4) is 34.5 Å². The van der Waals surface area contributed by atoms with E-state index < -0.39 is 166 Å². The smallest absolute Gasteiger partial charge is 0.202 e. The highest BCUT2D eigenvalue weighted by Gasteiger charge is 2.55. The quantitative estimate of drug-likeness (QED) is 0.107. The van der Waals surface area contributed by atoms with Crippen LogP contribution in [0.1, 0.15) is 152 Å². The summed E-state index contributed by atoms with van der Waals surface area (Å²) in [5, 5.41) is 71.6. The van der Waals surface area contributed by atoms with Crippen LogP contribution in [0.5, 0.6) is 34.5 Å². The summed E-state index contributed by atoms with van der Waals surface area (Å²) in [7, 11) is 2.66. The summed E-state index contributed by atoms with van der Waals surface area (Å²) in [6.45, 7) is 6.55. The molecule has 4 aromatic rings. The third-order valence-corrected chi connectivity index (χ3v) is 17.5. The number of aromatic hydroxyl groups is 4. The Bertz CT molecular complexity index is 3140. The molecule has 4 aliphatic heterocycles. The van der Waals surface area contributed by atoms with Crippen LogP contribution >= 0.6 is 0 Å². The van der Waals surface area contributed by atoms with E-state index in [1.807, 2.05) is 0 Å². The van der Waals surface area contributed by atoms with Gasteiger partial charge in [-0.15, -0.1) is 0 Å². The molecule has 0 saturated carbocycles. The molecule has 0 aromatic heterocycles. The lowest BCUT2D eigenvalue weighted by atomic mass is 9.72. The Kier molecular flexibility index (Phi) is 12.7. The fourth-order valence-corrected chi connectivity index (χ4v) is 13.5. The maximum absolute atomic E-state index is 14.2. The topological polar surface area (TPSA) is 304 Å². The fraction of sp³-hybridized carbons (Fsp3) is 0.474. The molecule has 22 nitrogen and oxygen atoms in total. The van der Waals surface area contributed by atoms with Gasteiger partial charge in [0.15, 0.2) is 35.7 Å². The van der Waals surface area contributed by atoms with Gasteiger partial charge in [0.25, 0.3) is 0 Å². The largest absolute Gasteiger partial charge is 0.507 e. The summed E-state index contributed by atoms with van der Waals surface area (Å²) < 4.78 is 49.5. The number of Topliss-reactive ketones (excluding diaryl/α,β-unsaturated/α-hetero) is 2. The van der Waals surface area contributed by atoms with Crippen molar-refractivity contribution in [2.24, 2.45) is 0 Å². The number of rotatable bonds is 10. The van der Waals surface area contributed by atoms with Gasteiger partial charge in [0.05, 0.1) is 78.7 Å². The molecule has 2 unspecified atom stereocenters. The first-order valence-corrected chi connectivity index (χ1v) is 26.1. The molecule has 4 aliphatic carbocycles. The molecule has 22 heteroatoms. The Morgan fingerprint density at radius 3 is 1.33 bits per heavy atom. The van der Waals surface area contributed by atoms with Crippen molar-refractivity contribution in [3.05, 3.63) is 103 Å². The van der Waals surface area contributed by atoms with Gasteiger partial charge in [-0.25, -0.2) is 0 Å². The van der Waals surface area contributed by atoms with Gasteiger partial charge in [0, 0.05) is 84.0 Å². The Morgan fingerprint density at radius 1 is 0.582 bits per heavy atom. The summed E-state index contributed by atoms with van der Waals surface area (Å²) in [4.78, 5) is 86.9. The maximum atomic E-state index is 14.2. The van der Waals surface area contributed by atoms with Crippen molar-refractivity contribution in [3.63, 3.8) is 0 Å². The minimum Gasteiger partial charge on any atom is -0.507 e. The maximum Gasteiger partial charge on any atom is 0.202 e. The van der Waals surface area contributed by atoms with Crippen LogP contribution in [0.4, 0.5) is 0 Å². The van der Waals surface area contributed by atoms with E-state index in [9.17, 15) is 59.4 Å². The molecule has 4 aromatic carbocycles. The molecular weight excluding hydrogens is 1030 g/mol. The Labute approximate surface area is 451 Å². The Balaban J connectivity index is 0.802. The number of methoxy groups -OCH3 is 2. The zero-order valence-corrected chi connectivity index (χ0v) is 43.9. The number of phenolic OH excluding ortho intramolecular Hbond substituents is 4. The van der Waals surface area contributed by atoms with Crippen LogP contribution < -0.4 is 9.47 Å². The lowest BCUT2D eigenvalue weighted by Gasteiger charge is -2.44. The summed E-state index contributed by atoms with van der Waals surface area (Å²) in [5.41, 5.74) is -6.80. The summed E-state index contributed by atoms with van der Waals surface area (Å²) in [6.07, 6.45) is -8.33. The number of hydrogen-bond acceptors (Lipinski definition) is 22. The number of benzene rings is 4. The number of carbonyl (C=O) groups excluding carboxylic acids is 6. The Morgan fingerprint density at radius 2 is 0.962 bits per heavy atom. The van der Waals surface area contributed by atoms with E-state index in [4.69, 9.17) is 37.9 Å². The summed E-state index contributed by atoms with van der Waals surface area (Å²) >= 11 is 0. The predicted octanol–water partition coefficient (Wildman–Crippen LogP) is 3.71. The highest BCUT2D eigenvalue weighted by Crippen LogP contribution is 2.55. The van der Waals surface area contributed by atoms with Gasteiger partial charge in [-0.3, -0.25) is 38.6 Å². The zero-order chi connectivity index (χ0) is 56.0. The second kappa shape index (κ2) is 19.0. The van der Waals surface area contributed by atoms with Crippen molar-refractivity contribution < 1.29 is 97.3 Å². The first kappa shape index (κ1) is 53.0. The standard InChI is InChI=1S/C57H58N2O20/c1-22-54-30(13-36(76-22)78-34-17-56(70,24(3)60)15-28-40(34)52(68)44-42(48(28)64)46(62)26-9-7-11-32(72-5)38(26)50(44)66)58(20-74-54)19-59-21-75-55-23(2)77-37(14-31(55)59)79-35-18-57(71,25(4)61)16-29-41(35)53(69)45-43(49(29)65)47(63)27-10-8-12-33(73-6)39(27)51(45)67/h7-12,22-23,30-31,34-37,54-55,64-65,68-71H,13-21H2,1-6H3/t22-,23-,30-,31?,34-,35-,36-,37-,54+,55?,56-,57-/m0/s1. The minimum absolute atomic E-state index is 0.0554. The van der Waals surface area contributed by atoms with Gasteiger partial charge in [-0.1, -0.05) is 24.3 Å². The van der Waals surface area contributed by atoms with Crippen LogP contribution in [0.2, 0.25) is 0 Å².